The van der Waals surface area contributed by atoms with Gasteiger partial charge in [0.05, 0.1) is 10.6 Å². The zero-order valence-electron chi connectivity index (χ0n) is 10.6. The Morgan fingerprint density at radius 1 is 1.17 bits per heavy atom. The van der Waals surface area contributed by atoms with Crippen LogP contribution in [0.15, 0.2) is 23.1 Å². The van der Waals surface area contributed by atoms with E-state index in [0.717, 1.165) is 10.4 Å². The van der Waals surface area contributed by atoms with E-state index in [1.165, 1.54) is 26.2 Å². The summed E-state index contributed by atoms with van der Waals surface area (Å²) in [6.45, 7) is 0. The van der Waals surface area contributed by atoms with E-state index >= 15 is 0 Å². The third kappa shape index (κ3) is 2.59. The molecule has 1 aromatic rings. The average molecular weight is 273 g/mol. The molecule has 1 aromatic carbocycles. The molecule has 0 amide bonds. The first kappa shape index (κ1) is 14.4. The van der Waals surface area contributed by atoms with Crippen LogP contribution in [0, 0.1) is 10.1 Å². The fourth-order valence-corrected chi connectivity index (χ4v) is 2.57. The Bertz CT molecular complexity index is 566. The SMILES string of the molecule is CN(C)c1ccc([N+](=O)[O-])cc1S(=O)(=O)N(C)C. The zero-order chi connectivity index (χ0) is 14.1. The van der Waals surface area contributed by atoms with Gasteiger partial charge in [-0.05, 0) is 6.07 Å². The largest absolute Gasteiger partial charge is 0.377 e. The molecule has 100 valence electrons. The minimum absolute atomic E-state index is 0.0771. The van der Waals surface area contributed by atoms with E-state index in [2.05, 4.69) is 0 Å². The normalized spacial score (nSPS) is 11.6. The standard InChI is InChI=1S/C10H15N3O4S/c1-11(2)9-6-5-8(13(14)15)7-10(9)18(16,17)12(3)4/h5-7H,1-4H3. The Kier molecular flexibility index (Phi) is 3.92. The molecule has 0 atom stereocenters. The van der Waals surface area contributed by atoms with E-state index in [-0.39, 0.29) is 10.6 Å². The van der Waals surface area contributed by atoms with Gasteiger partial charge in [-0.15, -0.1) is 0 Å². The Hall–Kier alpha value is -1.67. The van der Waals surface area contributed by atoms with E-state index in [0.29, 0.717) is 5.69 Å². The molecule has 0 unspecified atom stereocenters. The van der Waals surface area contributed by atoms with Gasteiger partial charge in [-0.1, -0.05) is 0 Å². The van der Waals surface area contributed by atoms with Crippen molar-refractivity contribution in [3.8, 4) is 0 Å². The van der Waals surface area contributed by atoms with Gasteiger partial charge in [0.15, 0.2) is 0 Å². The van der Waals surface area contributed by atoms with Crippen LogP contribution in [-0.4, -0.2) is 45.8 Å². The van der Waals surface area contributed by atoms with Crippen molar-refractivity contribution in [2.24, 2.45) is 0 Å². The lowest BCUT2D eigenvalue weighted by atomic mass is 10.2. The Labute approximate surface area is 106 Å². The van der Waals surface area contributed by atoms with Crippen molar-refractivity contribution < 1.29 is 13.3 Å². The summed E-state index contributed by atoms with van der Waals surface area (Å²) in [6.07, 6.45) is 0. The van der Waals surface area contributed by atoms with Crippen LogP contribution in [0.25, 0.3) is 0 Å². The van der Waals surface area contributed by atoms with Crippen molar-refractivity contribution in [2.45, 2.75) is 4.90 Å². The number of benzene rings is 1. The van der Waals surface area contributed by atoms with Crippen LogP contribution in [0.1, 0.15) is 0 Å². The van der Waals surface area contributed by atoms with Crippen molar-refractivity contribution in [1.82, 2.24) is 4.31 Å². The molecule has 0 aliphatic heterocycles. The fraction of sp³-hybridized carbons (Fsp3) is 0.400. The smallest absolute Gasteiger partial charge is 0.270 e. The zero-order valence-corrected chi connectivity index (χ0v) is 11.4. The quantitative estimate of drug-likeness (QED) is 0.601. The van der Waals surface area contributed by atoms with Crippen LogP contribution in [0.5, 0.6) is 0 Å². The van der Waals surface area contributed by atoms with Gasteiger partial charge in [-0.2, -0.15) is 0 Å². The summed E-state index contributed by atoms with van der Waals surface area (Å²) in [5, 5.41) is 10.7. The number of non-ortho nitro benzene ring substituents is 1. The maximum atomic E-state index is 12.1. The molecule has 0 N–H and O–H groups in total. The van der Waals surface area contributed by atoms with Crippen LogP contribution in [-0.2, 0) is 10.0 Å². The Morgan fingerprint density at radius 2 is 1.72 bits per heavy atom. The van der Waals surface area contributed by atoms with Crippen molar-refractivity contribution >= 4 is 21.4 Å². The van der Waals surface area contributed by atoms with E-state index in [9.17, 15) is 18.5 Å². The van der Waals surface area contributed by atoms with E-state index in [1.54, 1.807) is 19.0 Å². The number of nitro benzene ring substituents is 1. The molecule has 18 heavy (non-hydrogen) atoms. The summed E-state index contributed by atoms with van der Waals surface area (Å²) >= 11 is 0. The van der Waals surface area contributed by atoms with Crippen LogP contribution in [0.4, 0.5) is 11.4 Å². The van der Waals surface area contributed by atoms with Crippen LogP contribution < -0.4 is 4.90 Å². The number of sulfonamides is 1. The van der Waals surface area contributed by atoms with Gasteiger partial charge >= 0.3 is 0 Å². The monoisotopic (exact) mass is 273 g/mol. The van der Waals surface area contributed by atoms with Crippen LogP contribution in [0.2, 0.25) is 0 Å². The number of hydrogen-bond donors (Lipinski definition) is 0. The topological polar surface area (TPSA) is 83.8 Å². The first-order valence-corrected chi connectivity index (χ1v) is 6.50. The van der Waals surface area contributed by atoms with Crippen molar-refractivity contribution in [2.75, 3.05) is 33.1 Å². The molecule has 0 aliphatic carbocycles. The van der Waals surface area contributed by atoms with Gasteiger partial charge in [-0.3, -0.25) is 10.1 Å². The molecular weight excluding hydrogens is 258 g/mol. The van der Waals surface area contributed by atoms with Crippen LogP contribution >= 0.6 is 0 Å². The molecule has 0 saturated carbocycles. The second kappa shape index (κ2) is 4.91. The lowest BCUT2D eigenvalue weighted by Crippen LogP contribution is -2.25. The van der Waals surface area contributed by atoms with E-state index in [1.807, 2.05) is 0 Å². The minimum Gasteiger partial charge on any atom is -0.377 e. The van der Waals surface area contributed by atoms with E-state index < -0.39 is 14.9 Å². The highest BCUT2D eigenvalue weighted by Crippen LogP contribution is 2.29. The third-order valence-corrected chi connectivity index (χ3v) is 4.24. The molecule has 0 fully saturated rings. The summed E-state index contributed by atoms with van der Waals surface area (Å²) in [5.74, 6) is 0. The fourth-order valence-electron chi connectivity index (χ4n) is 1.39. The number of hydrogen-bond acceptors (Lipinski definition) is 5. The molecule has 0 radical (unpaired) electrons. The summed E-state index contributed by atoms with van der Waals surface area (Å²) < 4.78 is 25.2. The molecule has 0 heterocycles. The van der Waals surface area contributed by atoms with Crippen molar-refractivity contribution in [1.29, 1.82) is 0 Å². The number of rotatable bonds is 4. The highest BCUT2D eigenvalue weighted by Gasteiger charge is 2.25. The first-order valence-electron chi connectivity index (χ1n) is 5.06. The average Bonchev–Trinajstić information content (AvgIpc) is 2.27. The van der Waals surface area contributed by atoms with Crippen molar-refractivity contribution in [3.05, 3.63) is 28.3 Å². The molecular formula is C10H15N3O4S. The maximum Gasteiger partial charge on any atom is 0.270 e. The van der Waals surface area contributed by atoms with Crippen LogP contribution in [0.3, 0.4) is 0 Å². The van der Waals surface area contributed by atoms with E-state index in [4.69, 9.17) is 0 Å². The highest BCUT2D eigenvalue weighted by molar-refractivity contribution is 7.89. The lowest BCUT2D eigenvalue weighted by Gasteiger charge is -2.19. The van der Waals surface area contributed by atoms with Gasteiger partial charge in [-0.25, -0.2) is 12.7 Å². The van der Waals surface area contributed by atoms with Gasteiger partial charge in [0.2, 0.25) is 10.0 Å². The Balaban J connectivity index is 3.57. The molecule has 0 saturated heterocycles. The Morgan fingerprint density at radius 3 is 2.11 bits per heavy atom. The highest BCUT2D eigenvalue weighted by atomic mass is 32.2. The number of nitro groups is 1. The predicted molar refractivity (Wildman–Crippen MR) is 68.3 cm³/mol. The molecule has 0 aliphatic rings. The molecule has 0 aromatic heterocycles. The van der Waals surface area contributed by atoms with Gasteiger partial charge in [0, 0.05) is 40.3 Å². The van der Waals surface area contributed by atoms with Crippen molar-refractivity contribution in [3.63, 3.8) is 0 Å². The van der Waals surface area contributed by atoms with Gasteiger partial charge in [0.25, 0.3) is 5.69 Å². The maximum absolute atomic E-state index is 12.1. The molecule has 8 heteroatoms. The predicted octanol–water partition coefficient (Wildman–Crippen LogP) is 0.911. The summed E-state index contributed by atoms with van der Waals surface area (Å²) in [6, 6.07) is 3.78. The molecule has 0 bridgehead atoms. The van der Waals surface area contributed by atoms with Gasteiger partial charge in [0.1, 0.15) is 4.90 Å². The molecule has 0 spiro atoms. The molecule has 1 rings (SSSR count). The summed E-state index contributed by atoms with van der Waals surface area (Å²) in [7, 11) is 2.40. The van der Waals surface area contributed by atoms with Gasteiger partial charge < -0.3 is 4.90 Å². The third-order valence-electron chi connectivity index (χ3n) is 2.39. The minimum atomic E-state index is -3.72. The second-order valence-corrected chi connectivity index (χ2v) is 6.21. The lowest BCUT2D eigenvalue weighted by molar-refractivity contribution is -0.385. The summed E-state index contributed by atoms with van der Waals surface area (Å²) in [5.41, 5.74) is 0.162. The number of nitrogens with zero attached hydrogens (tertiary/aromatic N) is 3. The second-order valence-electron chi connectivity index (χ2n) is 4.09. The molecule has 7 nitrogen and oxygen atoms in total. The summed E-state index contributed by atoms with van der Waals surface area (Å²) in [4.78, 5) is 11.6. The number of anilines is 1. The first-order chi connectivity index (χ1) is 8.17.